The summed E-state index contributed by atoms with van der Waals surface area (Å²) in [7, 11) is 0. The summed E-state index contributed by atoms with van der Waals surface area (Å²) >= 11 is 7.62. The third-order valence-corrected chi connectivity index (χ3v) is 5.23. The average Bonchev–Trinajstić information content (AvgIpc) is 3.07. The highest BCUT2D eigenvalue weighted by Crippen LogP contribution is 2.40. The molecule has 0 atom stereocenters. The summed E-state index contributed by atoms with van der Waals surface area (Å²) in [5.41, 5.74) is 2.07. The van der Waals surface area contributed by atoms with Crippen molar-refractivity contribution < 1.29 is 9.72 Å². The lowest BCUT2D eigenvalue weighted by Crippen LogP contribution is -2.06. The highest BCUT2D eigenvalue weighted by atomic mass is 35.5. The molecule has 0 saturated heterocycles. The predicted molar refractivity (Wildman–Crippen MR) is 91.0 cm³/mol. The highest BCUT2D eigenvalue weighted by Gasteiger charge is 2.27. The van der Waals surface area contributed by atoms with Crippen molar-refractivity contribution in [2.24, 2.45) is 0 Å². The average molecular weight is 349 g/mol. The number of carbonyl (C=O) groups is 1. The van der Waals surface area contributed by atoms with Gasteiger partial charge in [-0.25, -0.2) is 0 Å². The van der Waals surface area contributed by atoms with Crippen LogP contribution in [-0.4, -0.2) is 10.7 Å². The number of anilines is 1. The molecule has 1 aliphatic carbocycles. The molecular formula is C16H13ClN2O3S. The van der Waals surface area contributed by atoms with E-state index in [0.29, 0.717) is 21.2 Å². The lowest BCUT2D eigenvalue weighted by atomic mass is 10.0. The fourth-order valence-electron chi connectivity index (χ4n) is 2.70. The van der Waals surface area contributed by atoms with Gasteiger partial charge < -0.3 is 5.32 Å². The van der Waals surface area contributed by atoms with E-state index in [9.17, 15) is 14.9 Å². The van der Waals surface area contributed by atoms with Gasteiger partial charge >= 0.3 is 0 Å². The number of fused-ring (bicyclic) bond motifs is 1. The Balaban J connectivity index is 2.02. The Hall–Kier alpha value is -2.18. The van der Waals surface area contributed by atoms with Crippen LogP contribution < -0.4 is 5.32 Å². The van der Waals surface area contributed by atoms with Crippen molar-refractivity contribution in [3.63, 3.8) is 0 Å². The molecular weight excluding hydrogens is 336 g/mol. The van der Waals surface area contributed by atoms with Crippen molar-refractivity contribution in [3.8, 4) is 0 Å². The first-order valence-corrected chi connectivity index (χ1v) is 8.28. The lowest BCUT2D eigenvalue weighted by molar-refractivity contribution is -0.402. The number of nitro groups is 1. The Bertz CT molecular complexity index is 814. The van der Waals surface area contributed by atoms with Gasteiger partial charge in [0.1, 0.15) is 5.00 Å². The number of aryl methyl sites for hydroxylation is 1. The molecule has 1 N–H and O–H groups in total. The first-order valence-electron chi connectivity index (χ1n) is 7.08. The molecule has 3 rings (SSSR count). The Morgan fingerprint density at radius 2 is 2.13 bits per heavy atom. The minimum Gasteiger partial charge on any atom is -0.348 e. The molecule has 1 aromatic carbocycles. The Labute approximate surface area is 141 Å². The molecule has 0 fully saturated rings. The molecule has 0 unspecified atom stereocenters. The molecule has 118 valence electrons. The number of benzene rings is 1. The van der Waals surface area contributed by atoms with Crippen LogP contribution in [0.5, 0.6) is 0 Å². The standard InChI is InChI=1S/C16H13ClN2O3S/c17-12-6-2-1-4-10(12)15(20)14-11-5-3-7-13(11)23-16(14)18-8-9-19(21)22/h1-2,4,6,8-9,18H,3,5,7H2. The van der Waals surface area contributed by atoms with Gasteiger partial charge in [-0.2, -0.15) is 0 Å². The number of ketones is 1. The van der Waals surface area contributed by atoms with Crippen LogP contribution in [0.2, 0.25) is 5.02 Å². The second-order valence-electron chi connectivity index (χ2n) is 5.12. The largest absolute Gasteiger partial charge is 0.348 e. The van der Waals surface area contributed by atoms with Crippen LogP contribution in [-0.2, 0) is 12.8 Å². The van der Waals surface area contributed by atoms with E-state index in [1.54, 1.807) is 24.3 Å². The molecule has 0 spiro atoms. The molecule has 5 nitrogen and oxygen atoms in total. The van der Waals surface area contributed by atoms with E-state index in [4.69, 9.17) is 11.6 Å². The van der Waals surface area contributed by atoms with Gasteiger partial charge in [-0.1, -0.05) is 23.7 Å². The molecule has 1 aromatic heterocycles. The Kier molecular flexibility index (Phi) is 4.45. The van der Waals surface area contributed by atoms with Crippen LogP contribution in [0.25, 0.3) is 0 Å². The van der Waals surface area contributed by atoms with E-state index in [-0.39, 0.29) is 5.78 Å². The van der Waals surface area contributed by atoms with Crippen LogP contribution in [0.3, 0.4) is 0 Å². The number of nitrogens with zero attached hydrogens (tertiary/aromatic N) is 1. The van der Waals surface area contributed by atoms with E-state index in [1.807, 2.05) is 0 Å². The van der Waals surface area contributed by atoms with E-state index in [0.717, 1.165) is 35.9 Å². The van der Waals surface area contributed by atoms with E-state index >= 15 is 0 Å². The number of halogens is 1. The van der Waals surface area contributed by atoms with Gasteiger partial charge in [0.2, 0.25) is 6.20 Å². The monoisotopic (exact) mass is 348 g/mol. The zero-order chi connectivity index (χ0) is 16.4. The first kappa shape index (κ1) is 15.7. The highest BCUT2D eigenvalue weighted by molar-refractivity contribution is 7.16. The number of nitrogens with one attached hydrogen (secondary N) is 1. The normalized spacial score (nSPS) is 13.3. The smallest absolute Gasteiger partial charge is 0.250 e. The van der Waals surface area contributed by atoms with Gasteiger partial charge in [0.05, 0.1) is 21.7 Å². The lowest BCUT2D eigenvalue weighted by Gasteiger charge is -2.07. The van der Waals surface area contributed by atoms with Gasteiger partial charge in [-0.3, -0.25) is 14.9 Å². The van der Waals surface area contributed by atoms with Crippen LogP contribution in [0.4, 0.5) is 5.00 Å². The summed E-state index contributed by atoms with van der Waals surface area (Å²) in [5.74, 6) is -0.146. The minimum absolute atomic E-state index is 0.146. The molecule has 0 aliphatic heterocycles. The molecule has 0 amide bonds. The van der Waals surface area contributed by atoms with E-state index in [2.05, 4.69) is 5.32 Å². The molecule has 0 radical (unpaired) electrons. The Morgan fingerprint density at radius 3 is 2.87 bits per heavy atom. The zero-order valence-electron chi connectivity index (χ0n) is 12.0. The van der Waals surface area contributed by atoms with Gasteiger partial charge in [0, 0.05) is 10.4 Å². The summed E-state index contributed by atoms with van der Waals surface area (Å²) in [6.07, 6.45) is 4.86. The van der Waals surface area contributed by atoms with Crippen molar-refractivity contribution >= 4 is 33.7 Å². The summed E-state index contributed by atoms with van der Waals surface area (Å²) in [5, 5.41) is 14.3. The second kappa shape index (κ2) is 6.52. The third-order valence-electron chi connectivity index (χ3n) is 3.68. The fraction of sp³-hybridized carbons (Fsp3) is 0.188. The van der Waals surface area contributed by atoms with Crippen molar-refractivity contribution in [1.29, 1.82) is 0 Å². The molecule has 2 aromatic rings. The summed E-state index contributed by atoms with van der Waals surface area (Å²) in [6.45, 7) is 0. The topological polar surface area (TPSA) is 72.2 Å². The van der Waals surface area contributed by atoms with Crippen LogP contribution in [0.1, 0.15) is 32.8 Å². The van der Waals surface area contributed by atoms with Gasteiger partial charge in [0.15, 0.2) is 5.78 Å². The molecule has 23 heavy (non-hydrogen) atoms. The van der Waals surface area contributed by atoms with Crippen molar-refractivity contribution in [2.75, 3.05) is 5.32 Å². The zero-order valence-corrected chi connectivity index (χ0v) is 13.6. The van der Waals surface area contributed by atoms with Crippen LogP contribution in [0.15, 0.2) is 36.7 Å². The van der Waals surface area contributed by atoms with Crippen LogP contribution in [0, 0.1) is 10.1 Å². The van der Waals surface area contributed by atoms with Gasteiger partial charge in [-0.05, 0) is 37.0 Å². The third kappa shape index (κ3) is 3.13. The predicted octanol–water partition coefficient (Wildman–Crippen LogP) is 4.28. The van der Waals surface area contributed by atoms with Gasteiger partial charge in [0.25, 0.3) is 0 Å². The Morgan fingerprint density at radius 1 is 1.35 bits per heavy atom. The summed E-state index contributed by atoms with van der Waals surface area (Å²) in [6, 6.07) is 6.92. The van der Waals surface area contributed by atoms with Gasteiger partial charge in [-0.15, -0.1) is 11.3 Å². The van der Waals surface area contributed by atoms with E-state index in [1.165, 1.54) is 17.5 Å². The van der Waals surface area contributed by atoms with Crippen molar-refractivity contribution in [1.82, 2.24) is 0 Å². The summed E-state index contributed by atoms with van der Waals surface area (Å²) < 4.78 is 0. The maximum absolute atomic E-state index is 12.9. The number of carbonyl (C=O) groups excluding carboxylic acids is 1. The van der Waals surface area contributed by atoms with Crippen molar-refractivity contribution in [3.05, 3.63) is 73.4 Å². The fourth-order valence-corrected chi connectivity index (χ4v) is 4.19. The number of hydrogen-bond acceptors (Lipinski definition) is 5. The molecule has 1 aliphatic rings. The second-order valence-corrected chi connectivity index (χ2v) is 6.63. The summed E-state index contributed by atoms with van der Waals surface area (Å²) in [4.78, 5) is 24.0. The SMILES string of the molecule is O=C(c1ccccc1Cl)c1c(NC=C[N+](=O)[O-])sc2c1CCC2. The quantitative estimate of drug-likeness (QED) is 0.497. The molecule has 0 saturated carbocycles. The minimum atomic E-state index is -0.552. The maximum Gasteiger partial charge on any atom is 0.250 e. The number of rotatable bonds is 5. The maximum atomic E-state index is 12.9. The number of thiophene rings is 1. The van der Waals surface area contributed by atoms with Crippen LogP contribution >= 0.6 is 22.9 Å². The first-order chi connectivity index (χ1) is 11.1. The number of hydrogen-bond donors (Lipinski definition) is 1. The van der Waals surface area contributed by atoms with Crippen molar-refractivity contribution in [2.45, 2.75) is 19.3 Å². The molecule has 7 heteroatoms. The molecule has 1 heterocycles. The van der Waals surface area contributed by atoms with E-state index < -0.39 is 4.92 Å². The molecule has 0 bridgehead atoms.